The number of aryl methyl sites for hydroxylation is 1. The molecule has 0 bridgehead atoms. The molecule has 0 amide bonds. The number of carbonyl (C=O) groups is 1. The van der Waals surface area contributed by atoms with Crippen LogP contribution in [-0.2, 0) is 0 Å². The Balaban J connectivity index is 2.83. The van der Waals surface area contributed by atoms with Gasteiger partial charge in [0.25, 0.3) is 0 Å². The summed E-state index contributed by atoms with van der Waals surface area (Å²) in [5.41, 5.74) is 0.931. The zero-order chi connectivity index (χ0) is 10.3. The van der Waals surface area contributed by atoms with Crippen LogP contribution >= 0.6 is 11.3 Å². The van der Waals surface area contributed by atoms with Crippen LogP contribution in [0.3, 0.4) is 0 Å². The molecule has 2 rings (SSSR count). The van der Waals surface area contributed by atoms with Gasteiger partial charge in [-0.15, -0.1) is 11.3 Å². The molecule has 0 saturated heterocycles. The molecule has 70 valence electrons. The number of thiophene rings is 1. The normalized spacial score (nSPS) is 10.3. The summed E-state index contributed by atoms with van der Waals surface area (Å²) >= 11 is 1.42. The number of carboxylic acid groups (broad SMARTS) is 1. The highest BCUT2D eigenvalue weighted by atomic mass is 32.1. The Bertz CT molecular complexity index is 559. The number of rotatable bonds is 1. The van der Waals surface area contributed by atoms with Crippen LogP contribution in [0.4, 0.5) is 0 Å². The Morgan fingerprint density at radius 1 is 1.71 bits per heavy atom. The van der Waals surface area contributed by atoms with Crippen LogP contribution in [0.25, 0.3) is 10.2 Å². The van der Waals surface area contributed by atoms with Gasteiger partial charge < -0.3 is 10.1 Å². The number of nitriles is 1. The average molecular weight is 206 g/mol. The summed E-state index contributed by atoms with van der Waals surface area (Å²) in [6.07, 6.45) is 0. The Labute approximate surface area is 83.4 Å². The molecular formula is C9H6N2O2S. The van der Waals surface area contributed by atoms with Crippen LogP contribution < -0.4 is 0 Å². The fraction of sp³-hybridized carbons (Fsp3) is 0.111. The van der Waals surface area contributed by atoms with E-state index in [9.17, 15) is 4.79 Å². The molecule has 0 radical (unpaired) electrons. The zero-order valence-electron chi connectivity index (χ0n) is 7.29. The maximum atomic E-state index is 10.8. The minimum Gasteiger partial charge on any atom is -0.477 e. The summed E-state index contributed by atoms with van der Waals surface area (Å²) in [6, 6.07) is 3.75. The van der Waals surface area contributed by atoms with Crippen LogP contribution in [0.15, 0.2) is 6.07 Å². The van der Waals surface area contributed by atoms with Crippen molar-refractivity contribution in [2.45, 2.75) is 6.92 Å². The first-order valence-corrected chi connectivity index (χ1v) is 4.70. The lowest BCUT2D eigenvalue weighted by molar-refractivity contribution is 0.0691. The maximum absolute atomic E-state index is 10.8. The van der Waals surface area contributed by atoms with Gasteiger partial charge in [0.15, 0.2) is 0 Å². The number of fused-ring (bicyclic) bond motifs is 1. The zero-order valence-corrected chi connectivity index (χ0v) is 8.10. The number of carboxylic acids is 1. The van der Waals surface area contributed by atoms with Crippen molar-refractivity contribution in [1.82, 2.24) is 4.98 Å². The second-order valence-corrected chi connectivity index (χ2v) is 4.15. The van der Waals surface area contributed by atoms with E-state index in [0.717, 1.165) is 15.1 Å². The molecule has 0 fully saturated rings. The van der Waals surface area contributed by atoms with Crippen LogP contribution in [-0.4, -0.2) is 16.1 Å². The number of aromatic amines is 1. The van der Waals surface area contributed by atoms with E-state index in [2.05, 4.69) is 4.98 Å². The molecule has 0 aliphatic heterocycles. The van der Waals surface area contributed by atoms with Gasteiger partial charge in [0, 0.05) is 4.88 Å². The van der Waals surface area contributed by atoms with Gasteiger partial charge in [0.05, 0.1) is 10.2 Å². The molecule has 2 N–H and O–H groups in total. The summed E-state index contributed by atoms with van der Waals surface area (Å²) < 4.78 is 0.724. The summed E-state index contributed by atoms with van der Waals surface area (Å²) in [6.45, 7) is 1.92. The van der Waals surface area contributed by atoms with E-state index in [1.54, 1.807) is 0 Å². The SMILES string of the molecule is Cc1cc2[nH]c(C(=O)O)c(C#N)c2s1. The van der Waals surface area contributed by atoms with E-state index in [4.69, 9.17) is 10.4 Å². The maximum Gasteiger partial charge on any atom is 0.353 e. The van der Waals surface area contributed by atoms with Crippen molar-refractivity contribution in [3.63, 3.8) is 0 Å². The lowest BCUT2D eigenvalue weighted by atomic mass is 10.2. The third kappa shape index (κ3) is 1.09. The van der Waals surface area contributed by atoms with Crippen LogP contribution in [0.5, 0.6) is 0 Å². The Kier molecular flexibility index (Phi) is 1.79. The van der Waals surface area contributed by atoms with Crippen molar-refractivity contribution in [2.75, 3.05) is 0 Å². The minimum absolute atomic E-state index is 0.0197. The van der Waals surface area contributed by atoms with Gasteiger partial charge in [-0.3, -0.25) is 0 Å². The van der Waals surface area contributed by atoms with E-state index in [0.29, 0.717) is 0 Å². The van der Waals surface area contributed by atoms with E-state index in [-0.39, 0.29) is 11.3 Å². The number of hydrogen-bond acceptors (Lipinski definition) is 3. The van der Waals surface area contributed by atoms with Gasteiger partial charge in [0.1, 0.15) is 17.3 Å². The fourth-order valence-corrected chi connectivity index (χ4v) is 2.34. The first-order valence-electron chi connectivity index (χ1n) is 3.89. The molecular weight excluding hydrogens is 200 g/mol. The van der Waals surface area contributed by atoms with E-state index < -0.39 is 5.97 Å². The molecule has 2 heterocycles. The highest BCUT2D eigenvalue weighted by Crippen LogP contribution is 2.29. The average Bonchev–Trinajstić information content (AvgIpc) is 2.59. The number of aromatic nitrogens is 1. The number of H-pyrrole nitrogens is 1. The second-order valence-electron chi connectivity index (χ2n) is 2.89. The van der Waals surface area contributed by atoms with Crippen molar-refractivity contribution in [3.8, 4) is 6.07 Å². The first kappa shape index (κ1) is 8.78. The van der Waals surface area contributed by atoms with Gasteiger partial charge in [-0.1, -0.05) is 0 Å². The summed E-state index contributed by atoms with van der Waals surface area (Å²) in [4.78, 5) is 14.5. The number of nitrogens with one attached hydrogen (secondary N) is 1. The summed E-state index contributed by atoms with van der Waals surface area (Å²) in [5, 5.41) is 17.6. The fourth-order valence-electron chi connectivity index (χ4n) is 1.37. The van der Waals surface area contributed by atoms with Crippen molar-refractivity contribution < 1.29 is 9.90 Å². The topological polar surface area (TPSA) is 76.9 Å². The van der Waals surface area contributed by atoms with E-state index in [1.165, 1.54) is 11.3 Å². The minimum atomic E-state index is -1.09. The molecule has 0 aliphatic carbocycles. The Morgan fingerprint density at radius 2 is 2.43 bits per heavy atom. The number of aromatic carboxylic acids is 1. The summed E-state index contributed by atoms with van der Waals surface area (Å²) in [7, 11) is 0. The number of nitrogens with zero attached hydrogens (tertiary/aromatic N) is 1. The molecule has 0 spiro atoms. The predicted molar refractivity (Wildman–Crippen MR) is 52.6 cm³/mol. The quantitative estimate of drug-likeness (QED) is 0.750. The van der Waals surface area contributed by atoms with Gasteiger partial charge in [-0.2, -0.15) is 5.26 Å². The van der Waals surface area contributed by atoms with Crippen molar-refractivity contribution in [1.29, 1.82) is 5.26 Å². The van der Waals surface area contributed by atoms with E-state index in [1.807, 2.05) is 19.1 Å². The van der Waals surface area contributed by atoms with Crippen LogP contribution in [0.2, 0.25) is 0 Å². The highest BCUT2D eigenvalue weighted by Gasteiger charge is 2.18. The molecule has 0 saturated carbocycles. The molecule has 2 aromatic heterocycles. The largest absolute Gasteiger partial charge is 0.477 e. The van der Waals surface area contributed by atoms with Crippen molar-refractivity contribution >= 4 is 27.5 Å². The van der Waals surface area contributed by atoms with Crippen molar-refractivity contribution in [3.05, 3.63) is 22.2 Å². The molecule has 0 unspecified atom stereocenters. The lowest BCUT2D eigenvalue weighted by Crippen LogP contribution is -1.98. The first-order chi connectivity index (χ1) is 6.63. The number of hydrogen-bond donors (Lipinski definition) is 2. The second kappa shape index (κ2) is 2.86. The molecule has 5 heteroatoms. The third-order valence-electron chi connectivity index (χ3n) is 1.92. The monoisotopic (exact) mass is 206 g/mol. The van der Waals surface area contributed by atoms with Crippen molar-refractivity contribution in [2.24, 2.45) is 0 Å². The van der Waals surface area contributed by atoms with E-state index >= 15 is 0 Å². The standard InChI is InChI=1S/C9H6N2O2S/c1-4-2-6-8(14-4)5(3-10)7(11-6)9(12)13/h2,11H,1H3,(H,12,13). The van der Waals surface area contributed by atoms with Gasteiger partial charge >= 0.3 is 5.97 Å². The molecule has 0 atom stereocenters. The Morgan fingerprint density at radius 3 is 3.00 bits per heavy atom. The van der Waals surface area contributed by atoms with Gasteiger partial charge in [0.2, 0.25) is 0 Å². The van der Waals surface area contributed by atoms with Crippen LogP contribution in [0, 0.1) is 18.3 Å². The molecule has 2 aromatic rings. The molecule has 0 aliphatic rings. The smallest absolute Gasteiger partial charge is 0.353 e. The third-order valence-corrected chi connectivity index (χ3v) is 2.99. The predicted octanol–water partition coefficient (Wildman–Crippen LogP) is 2.11. The molecule has 14 heavy (non-hydrogen) atoms. The molecule has 4 nitrogen and oxygen atoms in total. The lowest BCUT2D eigenvalue weighted by Gasteiger charge is -1.87. The van der Waals surface area contributed by atoms with Gasteiger partial charge in [-0.25, -0.2) is 4.79 Å². The highest BCUT2D eigenvalue weighted by molar-refractivity contribution is 7.19. The Hall–Kier alpha value is -1.80. The summed E-state index contributed by atoms with van der Waals surface area (Å²) in [5.74, 6) is -1.09. The van der Waals surface area contributed by atoms with Crippen LogP contribution in [0.1, 0.15) is 20.9 Å². The molecule has 0 aromatic carbocycles. The van der Waals surface area contributed by atoms with Gasteiger partial charge in [-0.05, 0) is 13.0 Å².